The van der Waals surface area contributed by atoms with Crippen molar-refractivity contribution < 1.29 is 56.0 Å². The maximum atomic E-state index is 10.5. The van der Waals surface area contributed by atoms with E-state index in [1.807, 2.05) is 0 Å². The lowest BCUT2D eigenvalue weighted by molar-refractivity contribution is -0.253. The summed E-state index contributed by atoms with van der Waals surface area (Å²) in [6, 6.07) is 0. The second-order valence-corrected chi connectivity index (χ2v) is 6.59. The standard InChI is InChI=1S/C3H7O13PS3/c4-17-2-1-3(14-18(5,6)7,15-19(8,9)10)16-20(11,12)13/h1-2H2,(H,5,6,7)(H,8,9,10)(H,11,12,13). The van der Waals surface area contributed by atoms with Gasteiger partial charge in [-0.2, -0.15) is 37.8 Å². The van der Waals surface area contributed by atoms with Crippen LogP contribution in [0.5, 0.6) is 0 Å². The van der Waals surface area contributed by atoms with Gasteiger partial charge in [0.2, 0.25) is 0 Å². The number of hydrogen-bond donors (Lipinski definition) is 3. The molecule has 0 saturated heterocycles. The molecule has 0 aromatic rings. The lowest BCUT2D eigenvalue weighted by atomic mass is 10.4. The van der Waals surface area contributed by atoms with E-state index in [2.05, 4.69) is 12.5 Å². The average Bonchev–Trinajstić information content (AvgIpc) is 2.05. The first-order valence-corrected chi connectivity index (χ1v) is 9.11. The third kappa shape index (κ3) is 9.59. The third-order valence-corrected chi connectivity index (χ3v) is 3.01. The van der Waals surface area contributed by atoms with E-state index in [0.717, 1.165) is 0 Å². The topological polar surface area (TPSA) is 208 Å². The molecule has 20 heavy (non-hydrogen) atoms. The molecule has 0 aromatic heterocycles. The Bertz CT molecular complexity index is 557. The first-order chi connectivity index (χ1) is 8.68. The zero-order valence-electron chi connectivity index (χ0n) is 9.01. The molecule has 0 aliphatic carbocycles. The summed E-state index contributed by atoms with van der Waals surface area (Å²) < 4.78 is 109. The van der Waals surface area contributed by atoms with Crippen LogP contribution < -0.4 is 0 Å². The Hall–Kier alpha value is -0.290. The normalized spacial score (nSPS) is 14.6. The molecule has 0 spiro atoms. The fourth-order valence-electron chi connectivity index (χ4n) is 0.831. The molecule has 0 unspecified atom stereocenters. The van der Waals surface area contributed by atoms with Gasteiger partial charge in [0.15, 0.2) is 8.46 Å². The quantitative estimate of drug-likeness (QED) is 0.244. The van der Waals surface area contributed by atoms with Gasteiger partial charge in [-0.1, -0.05) is 0 Å². The van der Waals surface area contributed by atoms with E-state index in [1.54, 1.807) is 0 Å². The maximum Gasteiger partial charge on any atom is 0.402 e. The fourth-order valence-corrected chi connectivity index (χ4v) is 2.74. The Morgan fingerprint density at radius 3 is 1.30 bits per heavy atom. The van der Waals surface area contributed by atoms with Gasteiger partial charge in [-0.15, -0.1) is 0 Å². The van der Waals surface area contributed by atoms with Gasteiger partial charge in [0.25, 0.3) is 0 Å². The van der Waals surface area contributed by atoms with Crippen LogP contribution in [0.2, 0.25) is 0 Å². The van der Waals surface area contributed by atoms with Crippen molar-refractivity contribution in [3.05, 3.63) is 0 Å². The maximum absolute atomic E-state index is 10.5. The van der Waals surface area contributed by atoms with Crippen molar-refractivity contribution in [2.75, 3.05) is 6.16 Å². The van der Waals surface area contributed by atoms with Gasteiger partial charge in [0.1, 0.15) is 0 Å². The molecule has 120 valence electrons. The molecular weight excluding hydrogens is 371 g/mol. The minimum Gasteiger partial charge on any atom is -0.275 e. The van der Waals surface area contributed by atoms with Gasteiger partial charge in [0.05, 0.1) is 0 Å². The van der Waals surface area contributed by atoms with Crippen LogP contribution in [-0.2, 0) is 48.3 Å². The molecule has 0 atom stereocenters. The van der Waals surface area contributed by atoms with Crippen molar-refractivity contribution in [1.82, 2.24) is 0 Å². The number of hydrogen-bond acceptors (Lipinski definition) is 10. The van der Waals surface area contributed by atoms with Gasteiger partial charge < -0.3 is 0 Å². The molecule has 3 N–H and O–H groups in total. The number of rotatable bonds is 9. The second-order valence-electron chi connectivity index (χ2n) is 2.82. The van der Waals surface area contributed by atoms with Gasteiger partial charge in [-0.25, -0.2) is 0 Å². The Morgan fingerprint density at radius 1 is 0.800 bits per heavy atom. The molecular formula is C3H7O13PS3. The highest BCUT2D eigenvalue weighted by molar-refractivity contribution is 7.82. The molecule has 0 radical (unpaired) electrons. The second kappa shape index (κ2) is 6.65. The van der Waals surface area contributed by atoms with E-state index in [1.165, 1.54) is 0 Å². The van der Waals surface area contributed by atoms with E-state index in [9.17, 15) is 29.8 Å². The molecule has 0 saturated carbocycles. The summed E-state index contributed by atoms with van der Waals surface area (Å²) in [7, 11) is -17.5. The van der Waals surface area contributed by atoms with Crippen LogP contribution in [0.25, 0.3) is 0 Å². The van der Waals surface area contributed by atoms with Crippen molar-refractivity contribution in [2.45, 2.75) is 12.4 Å². The van der Waals surface area contributed by atoms with Crippen molar-refractivity contribution in [1.29, 1.82) is 0 Å². The van der Waals surface area contributed by atoms with Gasteiger partial charge in [0, 0.05) is 12.6 Å². The van der Waals surface area contributed by atoms with E-state index < -0.39 is 58.2 Å². The van der Waals surface area contributed by atoms with Crippen LogP contribution in [0.3, 0.4) is 0 Å². The van der Waals surface area contributed by atoms with Gasteiger partial charge in [-0.05, 0) is 0 Å². The summed E-state index contributed by atoms with van der Waals surface area (Å²) in [6.07, 6.45) is -1.92. The zero-order valence-corrected chi connectivity index (χ0v) is 12.4. The minimum absolute atomic E-state index is 0.708. The van der Waals surface area contributed by atoms with E-state index >= 15 is 0 Å². The summed E-state index contributed by atoms with van der Waals surface area (Å²) in [5.41, 5.74) is 0. The van der Waals surface area contributed by atoms with E-state index in [-0.39, 0.29) is 0 Å². The monoisotopic (exact) mass is 378 g/mol. The molecule has 0 amide bonds. The Labute approximate surface area is 114 Å². The third-order valence-electron chi connectivity index (χ3n) is 1.21. The SMILES string of the molecule is O=PCCC(OS(=O)(=O)O)(OS(=O)(=O)O)OS(=O)(=O)O. The molecule has 0 aromatic carbocycles. The smallest absolute Gasteiger partial charge is 0.275 e. The molecule has 17 heteroatoms. The molecule has 0 rings (SSSR count). The molecule has 0 aliphatic rings. The fraction of sp³-hybridized carbons (Fsp3) is 1.00. The van der Waals surface area contributed by atoms with E-state index in [0.29, 0.717) is 0 Å². The van der Waals surface area contributed by atoms with Crippen LogP contribution in [0, 0.1) is 0 Å². The summed E-state index contributed by atoms with van der Waals surface area (Å²) in [5, 5.41) is 0. The first-order valence-electron chi connectivity index (χ1n) is 4.01. The first kappa shape index (κ1) is 19.7. The van der Waals surface area contributed by atoms with Crippen molar-refractivity contribution in [3.63, 3.8) is 0 Å². The molecule has 0 bridgehead atoms. The summed E-state index contributed by atoms with van der Waals surface area (Å²) in [6.45, 7) is 0. The minimum atomic E-state index is -5.56. The highest BCUT2D eigenvalue weighted by Crippen LogP contribution is 2.27. The Kier molecular flexibility index (Phi) is 6.55. The van der Waals surface area contributed by atoms with Crippen LogP contribution in [-0.4, -0.2) is 51.0 Å². The average molecular weight is 378 g/mol. The van der Waals surface area contributed by atoms with Crippen LogP contribution in [0.1, 0.15) is 6.42 Å². The Morgan fingerprint density at radius 2 is 1.10 bits per heavy atom. The van der Waals surface area contributed by atoms with Crippen LogP contribution in [0.15, 0.2) is 0 Å². The van der Waals surface area contributed by atoms with Crippen molar-refractivity contribution in [2.24, 2.45) is 0 Å². The van der Waals surface area contributed by atoms with Crippen LogP contribution >= 0.6 is 8.46 Å². The Balaban J connectivity index is 5.79. The molecule has 13 nitrogen and oxygen atoms in total. The largest absolute Gasteiger partial charge is 0.402 e. The van der Waals surface area contributed by atoms with Crippen molar-refractivity contribution in [3.8, 4) is 0 Å². The summed E-state index contributed by atoms with van der Waals surface area (Å²) >= 11 is 0. The lowest BCUT2D eigenvalue weighted by Crippen LogP contribution is -2.44. The van der Waals surface area contributed by atoms with Gasteiger partial charge >= 0.3 is 37.2 Å². The lowest BCUT2D eigenvalue weighted by Gasteiger charge is -2.26. The molecule has 0 aliphatic heterocycles. The highest BCUT2D eigenvalue weighted by atomic mass is 32.3. The van der Waals surface area contributed by atoms with Crippen molar-refractivity contribution >= 4 is 39.7 Å². The summed E-state index contributed by atoms with van der Waals surface area (Å²) in [4.78, 5) is 0. The van der Waals surface area contributed by atoms with Crippen LogP contribution in [0.4, 0.5) is 0 Å². The van der Waals surface area contributed by atoms with E-state index in [4.69, 9.17) is 13.7 Å². The summed E-state index contributed by atoms with van der Waals surface area (Å²) in [5.74, 6) is -3.72. The highest BCUT2D eigenvalue weighted by Gasteiger charge is 2.47. The zero-order chi connectivity index (χ0) is 16.2. The van der Waals surface area contributed by atoms with Gasteiger partial charge in [-0.3, -0.25) is 18.2 Å². The molecule has 0 fully saturated rings. The predicted molar refractivity (Wildman–Crippen MR) is 57.7 cm³/mol. The predicted octanol–water partition coefficient (Wildman–Crippen LogP) is -1.22. The molecule has 0 heterocycles.